The largest absolute Gasteiger partial charge is 0.397 e. The van der Waals surface area contributed by atoms with Gasteiger partial charge >= 0.3 is 0 Å². The van der Waals surface area contributed by atoms with Gasteiger partial charge in [0.25, 0.3) is 0 Å². The second-order valence-electron chi connectivity index (χ2n) is 12.2. The summed E-state index contributed by atoms with van der Waals surface area (Å²) < 4.78 is 14.7. The average molecular weight is 708 g/mol. The zero-order valence-corrected chi connectivity index (χ0v) is 28.9. The number of unbranched alkanes of at least 4 members (excludes halogenated alkanes) is 1. The molecule has 1 aliphatic rings. The number of para-hydroxylation sites is 3. The summed E-state index contributed by atoms with van der Waals surface area (Å²) in [7, 11) is 0. The standard InChI is InChI=1S/C38H41N7O5S/c39-32-10-4-5-11-33(32)41-36(48)13-7-6-12-35(47)40-23-26-14-20-29(21-15-26)37-49-31(22-34(50-37)28-18-16-27(24-46)17-19-28)25-51-38-42-43-44-45(38)30-8-2-1-3-9-30/h1-5,8-11,14-21,31,34,37,46H,6-7,12-13,22-25,39H2,(H,40,47)(H,41,48)/t31-,34+,37+/m1/s1. The lowest BCUT2D eigenvalue weighted by Gasteiger charge is -2.36. The highest BCUT2D eigenvalue weighted by Crippen LogP contribution is 2.39. The average Bonchev–Trinajstić information content (AvgIpc) is 3.65. The molecule has 2 heterocycles. The molecule has 0 unspecified atom stereocenters. The summed E-state index contributed by atoms with van der Waals surface area (Å²) in [5.74, 6) is 0.411. The number of amides is 2. The lowest BCUT2D eigenvalue weighted by Crippen LogP contribution is -2.31. The van der Waals surface area contributed by atoms with Gasteiger partial charge in [-0.15, -0.1) is 5.10 Å². The van der Waals surface area contributed by atoms with Crippen LogP contribution >= 0.6 is 11.8 Å². The minimum absolute atomic E-state index is 0.0239. The normalized spacial score (nSPS) is 17.2. The quantitative estimate of drug-likeness (QED) is 0.0586. The summed E-state index contributed by atoms with van der Waals surface area (Å²) >= 11 is 1.52. The number of thioether (sulfide) groups is 1. The minimum Gasteiger partial charge on any atom is -0.397 e. The van der Waals surface area contributed by atoms with E-state index in [1.165, 1.54) is 11.8 Å². The van der Waals surface area contributed by atoms with Crippen LogP contribution in [0.5, 0.6) is 0 Å². The molecule has 13 heteroatoms. The van der Waals surface area contributed by atoms with Gasteiger partial charge in [-0.05, 0) is 64.2 Å². The number of hydrogen-bond donors (Lipinski definition) is 4. The van der Waals surface area contributed by atoms with E-state index in [-0.39, 0.29) is 30.6 Å². The van der Waals surface area contributed by atoms with Gasteiger partial charge in [0, 0.05) is 37.1 Å². The van der Waals surface area contributed by atoms with Crippen molar-refractivity contribution in [1.29, 1.82) is 0 Å². The van der Waals surface area contributed by atoms with Crippen molar-refractivity contribution in [2.75, 3.05) is 16.8 Å². The number of carbonyl (C=O) groups excluding carboxylic acids is 2. The predicted octanol–water partition coefficient (Wildman–Crippen LogP) is 5.89. The number of aliphatic hydroxyl groups excluding tert-OH is 1. The van der Waals surface area contributed by atoms with Crippen LogP contribution in [-0.2, 0) is 32.2 Å². The summed E-state index contributed by atoms with van der Waals surface area (Å²) in [6, 6.07) is 32.5. The van der Waals surface area contributed by atoms with Crippen molar-refractivity contribution < 1.29 is 24.2 Å². The van der Waals surface area contributed by atoms with Crippen molar-refractivity contribution in [3.63, 3.8) is 0 Å². The first kappa shape index (κ1) is 35.7. The topological polar surface area (TPSA) is 167 Å². The van der Waals surface area contributed by atoms with Crippen LogP contribution in [0.2, 0.25) is 0 Å². The van der Waals surface area contributed by atoms with Crippen LogP contribution in [0.3, 0.4) is 0 Å². The first-order valence-electron chi connectivity index (χ1n) is 16.9. The summed E-state index contributed by atoms with van der Waals surface area (Å²) in [6.45, 7) is 0.360. The van der Waals surface area contributed by atoms with E-state index in [0.29, 0.717) is 60.9 Å². The molecule has 2 amide bonds. The molecule has 0 aliphatic carbocycles. The first-order valence-corrected chi connectivity index (χ1v) is 17.9. The third-order valence-corrected chi connectivity index (χ3v) is 9.54. The number of carbonyl (C=O) groups is 2. The summed E-state index contributed by atoms with van der Waals surface area (Å²) in [4.78, 5) is 24.7. The van der Waals surface area contributed by atoms with E-state index in [1.807, 2.05) is 91.0 Å². The number of tetrazole rings is 1. The molecule has 12 nitrogen and oxygen atoms in total. The summed E-state index contributed by atoms with van der Waals surface area (Å²) in [5, 5.41) is 28.3. The predicted molar refractivity (Wildman–Crippen MR) is 195 cm³/mol. The summed E-state index contributed by atoms with van der Waals surface area (Å²) in [5.41, 5.74) is 11.5. The lowest BCUT2D eigenvalue weighted by atomic mass is 10.0. The highest BCUT2D eigenvalue weighted by Gasteiger charge is 2.32. The zero-order chi connectivity index (χ0) is 35.4. The Balaban J connectivity index is 1.02. The number of nitrogens with one attached hydrogen (secondary N) is 2. The Morgan fingerprint density at radius 3 is 2.27 bits per heavy atom. The third-order valence-electron chi connectivity index (χ3n) is 8.49. The Morgan fingerprint density at radius 2 is 1.53 bits per heavy atom. The maximum absolute atomic E-state index is 12.5. The molecule has 0 radical (unpaired) electrons. The van der Waals surface area contributed by atoms with Gasteiger partial charge in [0.05, 0.1) is 35.9 Å². The highest BCUT2D eigenvalue weighted by molar-refractivity contribution is 7.99. The Hall–Kier alpha value is -5.08. The van der Waals surface area contributed by atoms with Gasteiger partial charge in [-0.2, -0.15) is 4.68 Å². The Morgan fingerprint density at radius 1 is 0.843 bits per heavy atom. The zero-order valence-electron chi connectivity index (χ0n) is 28.1. The van der Waals surface area contributed by atoms with Gasteiger partial charge in [0.1, 0.15) is 0 Å². The number of hydrogen-bond acceptors (Lipinski definition) is 10. The number of aromatic nitrogens is 4. The SMILES string of the molecule is Nc1ccccc1NC(=O)CCCCC(=O)NCc1ccc([C@H]2O[C@@H](CSc3nnnn3-c3ccccc3)C[C@@H](c3ccc(CO)cc3)O2)cc1. The van der Waals surface area contributed by atoms with E-state index in [4.69, 9.17) is 15.2 Å². The van der Waals surface area contributed by atoms with Gasteiger partial charge in [-0.3, -0.25) is 9.59 Å². The number of nitrogens with zero attached hydrogens (tertiary/aromatic N) is 4. The molecule has 3 atom stereocenters. The number of nitrogen functional groups attached to an aromatic ring is 1. The smallest absolute Gasteiger partial charge is 0.224 e. The molecule has 1 aliphatic heterocycles. The van der Waals surface area contributed by atoms with Crippen LogP contribution in [0, 0.1) is 0 Å². The number of aliphatic hydroxyl groups is 1. The van der Waals surface area contributed by atoms with Crippen LogP contribution in [0.1, 0.15) is 66.8 Å². The Bertz CT molecular complexity index is 1870. The second-order valence-corrected chi connectivity index (χ2v) is 13.2. The molecule has 1 aromatic heterocycles. The highest BCUT2D eigenvalue weighted by atomic mass is 32.2. The molecule has 0 saturated carbocycles. The number of ether oxygens (including phenoxy) is 2. The van der Waals surface area contributed by atoms with Crippen molar-refractivity contribution in [3.05, 3.63) is 125 Å². The van der Waals surface area contributed by atoms with Crippen molar-refractivity contribution >= 4 is 35.0 Å². The van der Waals surface area contributed by atoms with Crippen LogP contribution < -0.4 is 16.4 Å². The van der Waals surface area contributed by atoms with E-state index in [9.17, 15) is 14.7 Å². The number of nitrogens with two attached hydrogens (primary N) is 1. The fourth-order valence-electron chi connectivity index (χ4n) is 5.67. The van der Waals surface area contributed by atoms with Gasteiger partial charge in [-0.1, -0.05) is 90.6 Å². The van der Waals surface area contributed by atoms with Crippen molar-refractivity contribution in [1.82, 2.24) is 25.5 Å². The van der Waals surface area contributed by atoms with Crippen molar-refractivity contribution in [2.45, 2.75) is 68.9 Å². The molecular weight excluding hydrogens is 667 g/mol. The minimum atomic E-state index is -0.615. The fourth-order valence-corrected chi connectivity index (χ4v) is 6.57. The van der Waals surface area contributed by atoms with E-state index < -0.39 is 6.29 Å². The third kappa shape index (κ3) is 10.0. The fraction of sp³-hybridized carbons (Fsp3) is 0.289. The summed E-state index contributed by atoms with van der Waals surface area (Å²) in [6.07, 6.45) is 1.46. The Labute approximate surface area is 300 Å². The van der Waals surface area contributed by atoms with Crippen molar-refractivity contribution in [2.24, 2.45) is 0 Å². The van der Waals surface area contributed by atoms with E-state index >= 15 is 0 Å². The Kier molecular flexibility index (Phi) is 12.4. The molecule has 1 fully saturated rings. The first-order chi connectivity index (χ1) is 24.9. The second kappa shape index (κ2) is 17.7. The van der Waals surface area contributed by atoms with Gasteiger partial charge in [0.2, 0.25) is 17.0 Å². The van der Waals surface area contributed by atoms with Crippen LogP contribution in [0.4, 0.5) is 11.4 Å². The molecule has 264 valence electrons. The molecule has 51 heavy (non-hydrogen) atoms. The van der Waals surface area contributed by atoms with Gasteiger partial charge < -0.3 is 30.9 Å². The maximum atomic E-state index is 12.5. The molecule has 6 rings (SSSR count). The van der Waals surface area contributed by atoms with E-state index in [2.05, 4.69) is 26.2 Å². The number of rotatable bonds is 15. The molecular formula is C38H41N7O5S. The molecule has 5 aromatic rings. The monoisotopic (exact) mass is 707 g/mol. The molecule has 4 aromatic carbocycles. The molecule has 0 spiro atoms. The maximum Gasteiger partial charge on any atom is 0.224 e. The van der Waals surface area contributed by atoms with Crippen LogP contribution in [0.15, 0.2) is 108 Å². The lowest BCUT2D eigenvalue weighted by molar-refractivity contribution is -0.245. The van der Waals surface area contributed by atoms with Crippen molar-refractivity contribution in [3.8, 4) is 5.69 Å². The molecule has 5 N–H and O–H groups in total. The van der Waals surface area contributed by atoms with E-state index in [0.717, 1.165) is 27.9 Å². The van der Waals surface area contributed by atoms with Gasteiger partial charge in [0.15, 0.2) is 6.29 Å². The van der Waals surface area contributed by atoms with Gasteiger partial charge in [-0.25, -0.2) is 0 Å². The van der Waals surface area contributed by atoms with Crippen LogP contribution in [-0.4, -0.2) is 49.0 Å². The molecule has 1 saturated heterocycles. The van der Waals surface area contributed by atoms with Crippen LogP contribution in [0.25, 0.3) is 5.69 Å². The van der Waals surface area contributed by atoms with E-state index in [1.54, 1.807) is 16.8 Å². The number of benzene rings is 4. The number of anilines is 2. The molecule has 0 bridgehead atoms.